The number of amides is 1. The Hall–Kier alpha value is -2.29. The highest BCUT2D eigenvalue weighted by Gasteiger charge is 2.13. The maximum Gasteiger partial charge on any atom is 0.258 e. The van der Waals surface area contributed by atoms with E-state index in [1.165, 1.54) is 22.3 Å². The predicted molar refractivity (Wildman–Crippen MR) is 93.9 cm³/mol. The zero-order chi connectivity index (χ0) is 17.0. The van der Waals surface area contributed by atoms with E-state index in [9.17, 15) is 4.79 Å². The molecule has 0 saturated carbocycles. The first-order valence-corrected chi connectivity index (χ1v) is 7.93. The molecule has 0 aliphatic carbocycles. The molecule has 23 heavy (non-hydrogen) atoms. The highest BCUT2D eigenvalue weighted by molar-refractivity contribution is 5.78. The van der Waals surface area contributed by atoms with Gasteiger partial charge in [-0.2, -0.15) is 0 Å². The first-order valence-electron chi connectivity index (χ1n) is 7.93. The Kier molecular flexibility index (Phi) is 5.43. The minimum atomic E-state index is -0.115. The van der Waals surface area contributed by atoms with Crippen LogP contribution >= 0.6 is 0 Å². The summed E-state index contributed by atoms with van der Waals surface area (Å²) in [6.07, 6.45) is 0. The van der Waals surface area contributed by atoms with Crippen LogP contribution in [0.5, 0.6) is 5.75 Å². The summed E-state index contributed by atoms with van der Waals surface area (Å²) in [7, 11) is 0. The summed E-state index contributed by atoms with van der Waals surface area (Å²) in [5.41, 5.74) is 6.02. The van der Waals surface area contributed by atoms with Crippen molar-refractivity contribution in [3.8, 4) is 5.75 Å². The molecule has 0 aromatic heterocycles. The number of rotatable bonds is 5. The third kappa shape index (κ3) is 4.59. The molecule has 0 saturated heterocycles. The van der Waals surface area contributed by atoms with Gasteiger partial charge in [-0.05, 0) is 69.0 Å². The molecule has 2 aromatic carbocycles. The smallest absolute Gasteiger partial charge is 0.258 e. The van der Waals surface area contributed by atoms with Gasteiger partial charge >= 0.3 is 0 Å². The van der Waals surface area contributed by atoms with Gasteiger partial charge in [0.05, 0.1) is 6.04 Å². The van der Waals surface area contributed by atoms with Crippen LogP contribution < -0.4 is 10.1 Å². The van der Waals surface area contributed by atoms with Gasteiger partial charge in [0.15, 0.2) is 6.61 Å². The fourth-order valence-electron chi connectivity index (χ4n) is 2.59. The number of aryl methyl sites for hydroxylation is 4. The second kappa shape index (κ2) is 7.32. The molecule has 1 atom stereocenters. The van der Waals surface area contributed by atoms with Crippen LogP contribution in [-0.2, 0) is 4.79 Å². The molecule has 0 heterocycles. The summed E-state index contributed by atoms with van der Waals surface area (Å²) in [6.45, 7) is 10.3. The molecule has 0 aliphatic rings. The molecule has 0 radical (unpaired) electrons. The van der Waals surface area contributed by atoms with E-state index in [2.05, 4.69) is 38.2 Å². The van der Waals surface area contributed by atoms with Gasteiger partial charge in [0.2, 0.25) is 0 Å². The van der Waals surface area contributed by atoms with Crippen molar-refractivity contribution in [2.24, 2.45) is 0 Å². The van der Waals surface area contributed by atoms with Crippen molar-refractivity contribution < 1.29 is 9.53 Å². The number of benzene rings is 2. The maximum atomic E-state index is 12.1. The molecule has 0 unspecified atom stereocenters. The molecule has 3 heteroatoms. The van der Waals surface area contributed by atoms with Gasteiger partial charge in [0.1, 0.15) is 5.75 Å². The average molecular weight is 311 g/mol. The predicted octanol–water partition coefficient (Wildman–Crippen LogP) is 4.18. The Bertz CT molecular complexity index is 690. The first kappa shape index (κ1) is 17.1. The van der Waals surface area contributed by atoms with Gasteiger partial charge in [-0.25, -0.2) is 0 Å². The molecule has 2 rings (SSSR count). The summed E-state index contributed by atoms with van der Waals surface area (Å²) < 4.78 is 5.52. The summed E-state index contributed by atoms with van der Waals surface area (Å²) in [5.74, 6) is 0.594. The zero-order valence-electron chi connectivity index (χ0n) is 14.6. The molecule has 0 fully saturated rings. The van der Waals surface area contributed by atoms with E-state index in [1.54, 1.807) is 0 Å². The minimum Gasteiger partial charge on any atom is -0.484 e. The zero-order valence-corrected chi connectivity index (χ0v) is 14.6. The van der Waals surface area contributed by atoms with Crippen LogP contribution in [-0.4, -0.2) is 12.5 Å². The summed E-state index contributed by atoms with van der Waals surface area (Å²) in [5, 5.41) is 3.00. The lowest BCUT2D eigenvalue weighted by Crippen LogP contribution is -2.31. The third-order valence-corrected chi connectivity index (χ3v) is 4.12. The minimum absolute atomic E-state index is 0.0251. The molecule has 1 amide bonds. The summed E-state index contributed by atoms with van der Waals surface area (Å²) in [4.78, 5) is 12.1. The van der Waals surface area contributed by atoms with Crippen molar-refractivity contribution in [1.29, 1.82) is 0 Å². The lowest BCUT2D eigenvalue weighted by Gasteiger charge is -2.18. The van der Waals surface area contributed by atoms with E-state index < -0.39 is 0 Å². The van der Waals surface area contributed by atoms with Crippen LogP contribution in [0.4, 0.5) is 0 Å². The van der Waals surface area contributed by atoms with Crippen molar-refractivity contribution in [1.82, 2.24) is 5.32 Å². The third-order valence-electron chi connectivity index (χ3n) is 4.12. The standard InChI is InChI=1S/C20H25NO2/c1-13-6-8-18(9-7-13)23-12-20(22)21-17(5)19-11-15(3)14(2)10-16(19)4/h6-11,17H,12H2,1-5H3,(H,21,22)/t17-/m0/s1. The topological polar surface area (TPSA) is 38.3 Å². The number of carbonyl (C=O) groups excluding carboxylic acids is 1. The second-order valence-corrected chi connectivity index (χ2v) is 6.18. The SMILES string of the molecule is Cc1ccc(OCC(=O)N[C@@H](C)c2cc(C)c(C)cc2C)cc1. The molecule has 1 N–H and O–H groups in total. The largest absolute Gasteiger partial charge is 0.484 e. The van der Waals surface area contributed by atoms with Gasteiger partial charge in [-0.15, -0.1) is 0 Å². The molecular formula is C20H25NO2. The number of carbonyl (C=O) groups is 1. The van der Waals surface area contributed by atoms with E-state index in [4.69, 9.17) is 4.74 Å². The van der Waals surface area contributed by atoms with Crippen LogP contribution in [0.15, 0.2) is 36.4 Å². The van der Waals surface area contributed by atoms with Gasteiger partial charge in [-0.1, -0.05) is 29.8 Å². The summed E-state index contributed by atoms with van der Waals surface area (Å²) in [6, 6.07) is 12.0. The van der Waals surface area contributed by atoms with Gasteiger partial charge in [-0.3, -0.25) is 4.79 Å². The Morgan fingerprint density at radius 1 is 1.00 bits per heavy atom. The lowest BCUT2D eigenvalue weighted by atomic mass is 9.96. The van der Waals surface area contributed by atoms with E-state index in [-0.39, 0.29) is 18.6 Å². The van der Waals surface area contributed by atoms with E-state index in [0.29, 0.717) is 5.75 Å². The number of nitrogens with one attached hydrogen (secondary N) is 1. The van der Waals surface area contributed by atoms with Gasteiger partial charge < -0.3 is 10.1 Å². The van der Waals surface area contributed by atoms with Crippen LogP contribution in [0.25, 0.3) is 0 Å². The number of hydrogen-bond acceptors (Lipinski definition) is 2. The lowest BCUT2D eigenvalue weighted by molar-refractivity contribution is -0.123. The molecule has 2 aromatic rings. The molecular weight excluding hydrogens is 286 g/mol. The Balaban J connectivity index is 1.94. The Labute approximate surface area is 138 Å². The van der Waals surface area contributed by atoms with E-state index in [0.717, 1.165) is 5.56 Å². The van der Waals surface area contributed by atoms with Crippen molar-refractivity contribution in [3.63, 3.8) is 0 Å². The number of ether oxygens (including phenoxy) is 1. The molecule has 0 aliphatic heterocycles. The molecule has 0 bridgehead atoms. The van der Waals surface area contributed by atoms with Crippen LogP contribution in [0, 0.1) is 27.7 Å². The molecule has 0 spiro atoms. The van der Waals surface area contributed by atoms with Crippen molar-refractivity contribution in [3.05, 3.63) is 64.2 Å². The van der Waals surface area contributed by atoms with Crippen molar-refractivity contribution in [2.75, 3.05) is 6.61 Å². The van der Waals surface area contributed by atoms with Crippen molar-refractivity contribution in [2.45, 2.75) is 40.7 Å². The van der Waals surface area contributed by atoms with Gasteiger partial charge in [0.25, 0.3) is 5.91 Å². The Morgan fingerprint density at radius 2 is 1.61 bits per heavy atom. The van der Waals surface area contributed by atoms with Crippen molar-refractivity contribution >= 4 is 5.91 Å². The maximum absolute atomic E-state index is 12.1. The highest BCUT2D eigenvalue weighted by Crippen LogP contribution is 2.21. The van der Waals surface area contributed by atoms with E-state index in [1.807, 2.05) is 38.1 Å². The van der Waals surface area contributed by atoms with Crippen LogP contribution in [0.1, 0.15) is 40.8 Å². The van der Waals surface area contributed by atoms with Crippen LogP contribution in [0.3, 0.4) is 0 Å². The Morgan fingerprint density at radius 3 is 2.26 bits per heavy atom. The first-order chi connectivity index (χ1) is 10.9. The van der Waals surface area contributed by atoms with Crippen LogP contribution in [0.2, 0.25) is 0 Å². The monoisotopic (exact) mass is 311 g/mol. The normalized spacial score (nSPS) is 11.9. The molecule has 3 nitrogen and oxygen atoms in total. The van der Waals surface area contributed by atoms with Gasteiger partial charge in [0, 0.05) is 0 Å². The molecule has 122 valence electrons. The quantitative estimate of drug-likeness (QED) is 0.899. The average Bonchev–Trinajstić information content (AvgIpc) is 2.50. The fourth-order valence-corrected chi connectivity index (χ4v) is 2.59. The fraction of sp³-hybridized carbons (Fsp3) is 0.350. The summed E-state index contributed by atoms with van der Waals surface area (Å²) >= 11 is 0. The van der Waals surface area contributed by atoms with E-state index >= 15 is 0 Å². The highest BCUT2D eigenvalue weighted by atomic mass is 16.5. The number of hydrogen-bond donors (Lipinski definition) is 1. The second-order valence-electron chi connectivity index (χ2n) is 6.18.